The SMILES string of the molecule is CCOC(=O)c1c(C)cc(OC(F)(F)F)[nH]c1=O. The molecule has 1 N–H and O–H groups in total. The van der Waals surface area contributed by atoms with Gasteiger partial charge >= 0.3 is 12.3 Å². The fourth-order valence-electron chi connectivity index (χ4n) is 1.29. The zero-order valence-corrected chi connectivity index (χ0v) is 9.55. The van der Waals surface area contributed by atoms with Gasteiger partial charge in [-0.3, -0.25) is 9.78 Å². The number of pyridine rings is 1. The summed E-state index contributed by atoms with van der Waals surface area (Å²) in [5, 5.41) is 0. The monoisotopic (exact) mass is 265 g/mol. The lowest BCUT2D eigenvalue weighted by Crippen LogP contribution is -2.25. The number of halogens is 3. The second kappa shape index (κ2) is 5.11. The lowest BCUT2D eigenvalue weighted by Gasteiger charge is -2.10. The summed E-state index contributed by atoms with van der Waals surface area (Å²) < 4.78 is 44.0. The van der Waals surface area contributed by atoms with E-state index in [2.05, 4.69) is 9.47 Å². The summed E-state index contributed by atoms with van der Waals surface area (Å²) in [7, 11) is 0. The largest absolute Gasteiger partial charge is 0.574 e. The number of carbonyl (C=O) groups excluding carboxylic acids is 1. The second-order valence-electron chi connectivity index (χ2n) is 3.29. The molecule has 18 heavy (non-hydrogen) atoms. The third kappa shape index (κ3) is 3.51. The topological polar surface area (TPSA) is 68.4 Å². The molecule has 1 rings (SSSR count). The lowest BCUT2D eigenvalue weighted by atomic mass is 10.1. The molecule has 0 aliphatic heterocycles. The van der Waals surface area contributed by atoms with Crippen LogP contribution < -0.4 is 10.3 Å². The van der Waals surface area contributed by atoms with Crippen LogP contribution >= 0.6 is 0 Å². The molecule has 0 spiro atoms. The van der Waals surface area contributed by atoms with E-state index in [0.717, 1.165) is 6.07 Å². The highest BCUT2D eigenvalue weighted by atomic mass is 19.4. The number of rotatable bonds is 3. The van der Waals surface area contributed by atoms with Crippen LogP contribution in [0, 0.1) is 6.92 Å². The zero-order valence-electron chi connectivity index (χ0n) is 9.55. The van der Waals surface area contributed by atoms with Crippen molar-refractivity contribution in [2.24, 2.45) is 0 Å². The molecule has 0 saturated heterocycles. The van der Waals surface area contributed by atoms with E-state index in [1.165, 1.54) is 6.92 Å². The summed E-state index contributed by atoms with van der Waals surface area (Å²) in [4.78, 5) is 24.7. The Morgan fingerprint density at radius 3 is 2.50 bits per heavy atom. The summed E-state index contributed by atoms with van der Waals surface area (Å²) in [6, 6.07) is 0.904. The number of aromatic amines is 1. The Hall–Kier alpha value is -1.99. The Labute approximate surface area is 99.5 Å². The molecule has 100 valence electrons. The van der Waals surface area contributed by atoms with Gasteiger partial charge in [0.2, 0.25) is 5.88 Å². The van der Waals surface area contributed by atoms with Gasteiger partial charge in [-0.1, -0.05) is 0 Å². The molecule has 0 bridgehead atoms. The van der Waals surface area contributed by atoms with E-state index in [1.807, 2.05) is 4.98 Å². The van der Waals surface area contributed by atoms with E-state index < -0.39 is 23.8 Å². The number of carbonyl (C=O) groups is 1. The van der Waals surface area contributed by atoms with Crippen molar-refractivity contribution in [1.29, 1.82) is 0 Å². The van der Waals surface area contributed by atoms with Crippen LogP contribution in [-0.4, -0.2) is 23.9 Å². The van der Waals surface area contributed by atoms with Gasteiger partial charge in [0.25, 0.3) is 5.56 Å². The number of aromatic nitrogens is 1. The Bertz CT molecular complexity index is 507. The molecule has 0 atom stereocenters. The number of hydrogen-bond acceptors (Lipinski definition) is 4. The molecule has 0 aliphatic carbocycles. The number of nitrogens with one attached hydrogen (secondary N) is 1. The highest BCUT2D eigenvalue weighted by Gasteiger charge is 2.32. The van der Waals surface area contributed by atoms with Gasteiger partial charge < -0.3 is 9.47 Å². The van der Waals surface area contributed by atoms with Gasteiger partial charge in [0, 0.05) is 6.07 Å². The molecule has 0 unspecified atom stereocenters. The van der Waals surface area contributed by atoms with Crippen molar-refractivity contribution in [3.8, 4) is 5.88 Å². The van der Waals surface area contributed by atoms with Crippen molar-refractivity contribution in [3.63, 3.8) is 0 Å². The maximum atomic E-state index is 11.9. The Kier molecular flexibility index (Phi) is 4.00. The quantitative estimate of drug-likeness (QED) is 0.845. The van der Waals surface area contributed by atoms with E-state index in [4.69, 9.17) is 0 Å². The van der Waals surface area contributed by atoms with Crippen molar-refractivity contribution in [3.05, 3.63) is 27.5 Å². The van der Waals surface area contributed by atoms with Crippen LogP contribution in [0.5, 0.6) is 5.88 Å². The third-order valence-corrected chi connectivity index (χ3v) is 1.91. The van der Waals surface area contributed by atoms with Crippen LogP contribution in [0.15, 0.2) is 10.9 Å². The molecule has 0 fully saturated rings. The van der Waals surface area contributed by atoms with Crippen LogP contribution in [0.1, 0.15) is 22.8 Å². The summed E-state index contributed by atoms with van der Waals surface area (Å²) in [5.74, 6) is -1.67. The first-order valence-corrected chi connectivity index (χ1v) is 4.91. The Morgan fingerprint density at radius 1 is 1.44 bits per heavy atom. The van der Waals surface area contributed by atoms with Gasteiger partial charge in [-0.25, -0.2) is 4.79 Å². The molecule has 8 heteroatoms. The third-order valence-electron chi connectivity index (χ3n) is 1.91. The number of hydrogen-bond donors (Lipinski definition) is 1. The van der Waals surface area contributed by atoms with Crippen LogP contribution in [-0.2, 0) is 4.74 Å². The first kappa shape index (κ1) is 14.1. The summed E-state index contributed by atoms with van der Waals surface area (Å²) in [6.45, 7) is 2.91. The first-order chi connectivity index (χ1) is 8.24. The van der Waals surface area contributed by atoms with Gasteiger partial charge in [0.05, 0.1) is 6.61 Å². The first-order valence-electron chi connectivity index (χ1n) is 4.91. The molecule has 5 nitrogen and oxygen atoms in total. The minimum Gasteiger partial charge on any atom is -0.462 e. The van der Waals surface area contributed by atoms with E-state index >= 15 is 0 Å². The van der Waals surface area contributed by atoms with Crippen molar-refractivity contribution >= 4 is 5.97 Å². The average molecular weight is 265 g/mol. The van der Waals surface area contributed by atoms with Crippen LogP contribution in [0.2, 0.25) is 0 Å². The van der Waals surface area contributed by atoms with E-state index in [-0.39, 0.29) is 17.7 Å². The van der Waals surface area contributed by atoms with Crippen LogP contribution in [0.4, 0.5) is 13.2 Å². The smallest absolute Gasteiger partial charge is 0.462 e. The van der Waals surface area contributed by atoms with Gasteiger partial charge in [0.15, 0.2) is 0 Å². The van der Waals surface area contributed by atoms with E-state index in [1.54, 1.807) is 6.92 Å². The lowest BCUT2D eigenvalue weighted by molar-refractivity contribution is -0.276. The van der Waals surface area contributed by atoms with Crippen molar-refractivity contribution in [1.82, 2.24) is 4.98 Å². The van der Waals surface area contributed by atoms with Gasteiger partial charge in [-0.2, -0.15) is 0 Å². The molecule has 0 amide bonds. The van der Waals surface area contributed by atoms with Crippen molar-refractivity contribution < 1.29 is 27.4 Å². The average Bonchev–Trinajstić information content (AvgIpc) is 2.13. The van der Waals surface area contributed by atoms with Crippen molar-refractivity contribution in [2.75, 3.05) is 6.61 Å². The number of aryl methyl sites for hydroxylation is 1. The van der Waals surface area contributed by atoms with Gasteiger partial charge in [-0.05, 0) is 19.4 Å². The molecule has 1 aromatic rings. The van der Waals surface area contributed by atoms with Gasteiger partial charge in [0.1, 0.15) is 5.56 Å². The summed E-state index contributed by atoms with van der Waals surface area (Å²) in [6.07, 6.45) is -4.92. The zero-order chi connectivity index (χ0) is 13.9. The minimum atomic E-state index is -4.92. The number of ether oxygens (including phenoxy) is 2. The van der Waals surface area contributed by atoms with Crippen LogP contribution in [0.3, 0.4) is 0 Å². The molecule has 1 aromatic heterocycles. The highest BCUT2D eigenvalue weighted by Crippen LogP contribution is 2.21. The molecule has 0 radical (unpaired) electrons. The maximum Gasteiger partial charge on any atom is 0.574 e. The summed E-state index contributed by atoms with van der Waals surface area (Å²) >= 11 is 0. The molecule has 0 aliphatic rings. The van der Waals surface area contributed by atoms with E-state index in [9.17, 15) is 22.8 Å². The molecular formula is C10H10F3NO4. The van der Waals surface area contributed by atoms with Gasteiger partial charge in [-0.15, -0.1) is 13.2 Å². The molecule has 0 saturated carbocycles. The molecular weight excluding hydrogens is 255 g/mol. The fraction of sp³-hybridized carbons (Fsp3) is 0.400. The summed E-state index contributed by atoms with van der Waals surface area (Å²) in [5.41, 5.74) is -1.30. The van der Waals surface area contributed by atoms with Crippen LogP contribution in [0.25, 0.3) is 0 Å². The Morgan fingerprint density at radius 2 is 2.06 bits per heavy atom. The number of esters is 1. The maximum absolute atomic E-state index is 11.9. The standard InChI is InChI=1S/C10H10F3NO4/c1-3-17-9(16)7-5(2)4-6(14-8(7)15)18-10(11,12)13/h4H,3H2,1-2H3,(H,14,15). The van der Waals surface area contributed by atoms with E-state index in [0.29, 0.717) is 0 Å². The minimum absolute atomic E-state index is 0.0384. The molecule has 0 aromatic carbocycles. The number of H-pyrrole nitrogens is 1. The fourth-order valence-corrected chi connectivity index (χ4v) is 1.29. The van der Waals surface area contributed by atoms with Crippen molar-refractivity contribution in [2.45, 2.75) is 20.2 Å². The predicted octanol–water partition coefficient (Wildman–Crippen LogP) is 1.76. The predicted molar refractivity (Wildman–Crippen MR) is 54.4 cm³/mol. The Balaban J connectivity index is 3.13. The molecule has 1 heterocycles. The normalized spacial score (nSPS) is 11.2. The number of alkyl halides is 3. The highest BCUT2D eigenvalue weighted by molar-refractivity contribution is 5.90. The second-order valence-corrected chi connectivity index (χ2v) is 3.29.